The van der Waals surface area contributed by atoms with Gasteiger partial charge in [0.05, 0.1) is 6.54 Å². The van der Waals surface area contributed by atoms with Gasteiger partial charge in [0, 0.05) is 5.56 Å². The van der Waals surface area contributed by atoms with Crippen LogP contribution in [0.15, 0.2) is 28.8 Å². The molecule has 0 spiro atoms. The van der Waals surface area contributed by atoms with Crippen LogP contribution in [0, 0.1) is 0 Å². The highest BCUT2D eigenvalue weighted by Gasteiger charge is 2.31. The fourth-order valence-electron chi connectivity index (χ4n) is 1.40. The van der Waals surface area contributed by atoms with E-state index in [0.717, 1.165) is 0 Å². The van der Waals surface area contributed by atoms with Gasteiger partial charge in [0.2, 0.25) is 0 Å². The summed E-state index contributed by atoms with van der Waals surface area (Å²) in [4.78, 5) is 4.07. The molecular formula is C11H10F3N3O2. The summed E-state index contributed by atoms with van der Waals surface area (Å²) >= 11 is 0. The van der Waals surface area contributed by atoms with Crippen molar-refractivity contribution in [1.29, 1.82) is 0 Å². The Morgan fingerprint density at radius 2 is 1.95 bits per heavy atom. The first-order valence-electron chi connectivity index (χ1n) is 5.31. The summed E-state index contributed by atoms with van der Waals surface area (Å²) in [5, 5.41) is 6.56. The van der Waals surface area contributed by atoms with E-state index in [9.17, 15) is 13.2 Å². The molecule has 102 valence electrons. The SMILES string of the molecule is CNCc1noc(-c2ccc(OC(F)(F)F)cc2)n1. The molecule has 2 rings (SSSR count). The lowest BCUT2D eigenvalue weighted by Crippen LogP contribution is -2.16. The molecule has 0 saturated carbocycles. The van der Waals surface area contributed by atoms with Gasteiger partial charge < -0.3 is 14.6 Å². The van der Waals surface area contributed by atoms with Gasteiger partial charge in [0.1, 0.15) is 5.75 Å². The fraction of sp³-hybridized carbons (Fsp3) is 0.273. The van der Waals surface area contributed by atoms with E-state index in [4.69, 9.17) is 4.52 Å². The van der Waals surface area contributed by atoms with E-state index in [0.29, 0.717) is 17.9 Å². The molecule has 5 nitrogen and oxygen atoms in total. The standard InChI is InChI=1S/C11H10F3N3O2/c1-15-6-9-16-10(19-17-9)7-2-4-8(5-3-7)18-11(12,13)14/h2-5,15H,6H2,1H3. The van der Waals surface area contributed by atoms with Crippen LogP contribution in [-0.4, -0.2) is 23.6 Å². The molecule has 8 heteroatoms. The van der Waals surface area contributed by atoms with E-state index in [1.807, 2.05) is 0 Å². The maximum absolute atomic E-state index is 12.0. The summed E-state index contributed by atoms with van der Waals surface area (Å²) in [5.74, 6) is 0.406. The third-order valence-electron chi connectivity index (χ3n) is 2.14. The summed E-state index contributed by atoms with van der Waals surface area (Å²) in [6.07, 6.45) is -4.70. The molecule has 0 aliphatic carbocycles. The number of alkyl halides is 3. The van der Waals surface area contributed by atoms with Crippen LogP contribution >= 0.6 is 0 Å². The number of ether oxygens (including phenoxy) is 1. The van der Waals surface area contributed by atoms with Gasteiger partial charge in [-0.2, -0.15) is 4.98 Å². The highest BCUT2D eigenvalue weighted by atomic mass is 19.4. The van der Waals surface area contributed by atoms with Gasteiger partial charge in [-0.15, -0.1) is 13.2 Å². The molecule has 19 heavy (non-hydrogen) atoms. The number of hydrogen-bond donors (Lipinski definition) is 1. The maximum Gasteiger partial charge on any atom is 0.573 e. The van der Waals surface area contributed by atoms with Crippen molar-refractivity contribution in [2.24, 2.45) is 0 Å². The van der Waals surface area contributed by atoms with Gasteiger partial charge in [0.25, 0.3) is 5.89 Å². The molecule has 0 aliphatic rings. The van der Waals surface area contributed by atoms with Crippen molar-refractivity contribution in [3.05, 3.63) is 30.1 Å². The monoisotopic (exact) mass is 273 g/mol. The Balaban J connectivity index is 2.13. The first-order chi connectivity index (χ1) is 8.98. The highest BCUT2D eigenvalue weighted by Crippen LogP contribution is 2.25. The summed E-state index contributed by atoms with van der Waals surface area (Å²) < 4.78 is 44.7. The predicted molar refractivity (Wildman–Crippen MR) is 59.2 cm³/mol. The van der Waals surface area contributed by atoms with Crippen LogP contribution in [0.1, 0.15) is 5.82 Å². The molecule has 0 aliphatic heterocycles. The van der Waals surface area contributed by atoms with Crippen LogP contribution in [0.3, 0.4) is 0 Å². The molecule has 0 fully saturated rings. The number of rotatable bonds is 4. The first kappa shape index (κ1) is 13.3. The summed E-state index contributed by atoms with van der Waals surface area (Å²) in [6.45, 7) is 0.443. The third-order valence-corrected chi connectivity index (χ3v) is 2.14. The molecule has 1 N–H and O–H groups in total. The Labute approximate surface area is 106 Å². The van der Waals surface area contributed by atoms with Gasteiger partial charge in [-0.1, -0.05) is 5.16 Å². The lowest BCUT2D eigenvalue weighted by Gasteiger charge is -2.08. The zero-order valence-corrected chi connectivity index (χ0v) is 9.86. The highest BCUT2D eigenvalue weighted by molar-refractivity contribution is 5.54. The van der Waals surface area contributed by atoms with Gasteiger partial charge >= 0.3 is 6.36 Å². The molecule has 1 heterocycles. The quantitative estimate of drug-likeness (QED) is 0.926. The lowest BCUT2D eigenvalue weighted by atomic mass is 10.2. The van der Waals surface area contributed by atoms with Crippen LogP contribution in [0.5, 0.6) is 5.75 Å². The summed E-state index contributed by atoms with van der Waals surface area (Å²) in [7, 11) is 1.74. The van der Waals surface area contributed by atoms with E-state index in [1.54, 1.807) is 7.05 Å². The van der Waals surface area contributed by atoms with E-state index in [-0.39, 0.29) is 11.6 Å². The summed E-state index contributed by atoms with van der Waals surface area (Å²) in [5.41, 5.74) is 0.518. The van der Waals surface area contributed by atoms with Crippen LogP contribution < -0.4 is 10.1 Å². The van der Waals surface area contributed by atoms with Crippen LogP contribution in [0.2, 0.25) is 0 Å². The molecule has 1 aromatic carbocycles. The number of halogens is 3. The van der Waals surface area contributed by atoms with Crippen LogP contribution in [0.25, 0.3) is 11.5 Å². The second-order valence-electron chi connectivity index (χ2n) is 3.62. The van der Waals surface area contributed by atoms with E-state index in [2.05, 4.69) is 20.2 Å². The molecule has 2 aromatic rings. The fourth-order valence-corrected chi connectivity index (χ4v) is 1.40. The maximum atomic E-state index is 12.0. The molecular weight excluding hydrogens is 263 g/mol. The average molecular weight is 273 g/mol. The molecule has 0 unspecified atom stereocenters. The third kappa shape index (κ3) is 3.68. The Morgan fingerprint density at radius 3 is 2.53 bits per heavy atom. The Morgan fingerprint density at radius 1 is 1.26 bits per heavy atom. The van der Waals surface area contributed by atoms with E-state index < -0.39 is 6.36 Å². The van der Waals surface area contributed by atoms with Crippen LogP contribution in [-0.2, 0) is 6.54 Å². The minimum Gasteiger partial charge on any atom is -0.406 e. The second kappa shape index (κ2) is 5.27. The van der Waals surface area contributed by atoms with Gasteiger partial charge in [0.15, 0.2) is 5.82 Å². The topological polar surface area (TPSA) is 60.2 Å². The zero-order chi connectivity index (χ0) is 13.9. The van der Waals surface area contributed by atoms with E-state index in [1.165, 1.54) is 24.3 Å². The number of benzene rings is 1. The van der Waals surface area contributed by atoms with Gasteiger partial charge in [-0.3, -0.25) is 0 Å². The van der Waals surface area contributed by atoms with Gasteiger partial charge in [-0.25, -0.2) is 0 Å². The molecule has 0 saturated heterocycles. The zero-order valence-electron chi connectivity index (χ0n) is 9.86. The predicted octanol–water partition coefficient (Wildman–Crippen LogP) is 2.35. The number of hydrogen-bond acceptors (Lipinski definition) is 5. The smallest absolute Gasteiger partial charge is 0.406 e. The van der Waals surface area contributed by atoms with Crippen molar-refractivity contribution < 1.29 is 22.4 Å². The Bertz CT molecular complexity index is 537. The minimum atomic E-state index is -4.70. The lowest BCUT2D eigenvalue weighted by molar-refractivity contribution is -0.274. The first-order valence-corrected chi connectivity index (χ1v) is 5.31. The van der Waals surface area contributed by atoms with Crippen molar-refractivity contribution in [3.8, 4) is 17.2 Å². The van der Waals surface area contributed by atoms with Crippen molar-refractivity contribution in [3.63, 3.8) is 0 Å². The largest absolute Gasteiger partial charge is 0.573 e. The summed E-state index contributed by atoms with van der Waals surface area (Å²) in [6, 6.07) is 5.20. The number of nitrogens with zero attached hydrogens (tertiary/aromatic N) is 2. The normalized spacial score (nSPS) is 11.6. The van der Waals surface area contributed by atoms with Crippen molar-refractivity contribution >= 4 is 0 Å². The van der Waals surface area contributed by atoms with Gasteiger partial charge in [-0.05, 0) is 31.3 Å². The van der Waals surface area contributed by atoms with Crippen LogP contribution in [0.4, 0.5) is 13.2 Å². The Kier molecular flexibility index (Phi) is 3.70. The average Bonchev–Trinajstić information content (AvgIpc) is 2.77. The van der Waals surface area contributed by atoms with Crippen molar-refractivity contribution in [2.75, 3.05) is 7.05 Å². The molecule has 0 atom stereocenters. The minimum absolute atomic E-state index is 0.240. The number of aromatic nitrogens is 2. The second-order valence-corrected chi connectivity index (χ2v) is 3.62. The molecule has 0 amide bonds. The molecule has 0 radical (unpaired) electrons. The van der Waals surface area contributed by atoms with Crippen molar-refractivity contribution in [1.82, 2.24) is 15.5 Å². The molecule has 0 bridgehead atoms. The number of nitrogens with one attached hydrogen (secondary N) is 1. The van der Waals surface area contributed by atoms with Crippen molar-refractivity contribution in [2.45, 2.75) is 12.9 Å². The van der Waals surface area contributed by atoms with E-state index >= 15 is 0 Å². The molecule has 1 aromatic heterocycles. The Hall–Kier alpha value is -2.09.